The number of azo groups is 1. The predicted octanol–water partition coefficient (Wildman–Crippen LogP) is 3.92. The minimum atomic E-state index is -4.82. The van der Waals surface area contributed by atoms with Gasteiger partial charge in [-0.15, -0.1) is 30.0 Å². The quantitative estimate of drug-likeness (QED) is 0.446. The predicted molar refractivity (Wildman–Crippen MR) is 82.0 cm³/mol. The number of alkyl halides is 3. The Hall–Kier alpha value is -2.62. The van der Waals surface area contributed by atoms with E-state index in [0.717, 1.165) is 12.1 Å². The van der Waals surface area contributed by atoms with Gasteiger partial charge >= 0.3 is 6.36 Å². The van der Waals surface area contributed by atoms with Gasteiger partial charge in [-0.05, 0) is 30.4 Å². The van der Waals surface area contributed by atoms with Gasteiger partial charge in [-0.25, -0.2) is 0 Å². The molecule has 1 aromatic heterocycles. The van der Waals surface area contributed by atoms with E-state index in [1.54, 1.807) is 6.08 Å². The SMILES string of the molecule is C=CCNC(=S)N=Nc1c(O)[nH]c2ccc(OC(F)(F)F)cc12. The maximum atomic E-state index is 12.3. The van der Waals surface area contributed by atoms with Crippen LogP contribution in [0.4, 0.5) is 18.9 Å². The molecule has 0 saturated carbocycles. The molecule has 122 valence electrons. The zero-order valence-electron chi connectivity index (χ0n) is 11.5. The number of thiocarbonyl (C=S) groups is 1. The molecule has 2 aromatic rings. The molecule has 0 atom stereocenters. The van der Waals surface area contributed by atoms with Gasteiger partial charge in [0.25, 0.3) is 0 Å². The molecule has 6 nitrogen and oxygen atoms in total. The molecule has 3 N–H and O–H groups in total. The highest BCUT2D eigenvalue weighted by Crippen LogP contribution is 2.38. The third kappa shape index (κ3) is 4.42. The number of aromatic amines is 1. The first-order chi connectivity index (χ1) is 10.8. The van der Waals surface area contributed by atoms with Crippen LogP contribution in [0.5, 0.6) is 11.6 Å². The summed E-state index contributed by atoms with van der Waals surface area (Å²) in [6, 6.07) is 3.53. The highest BCUT2D eigenvalue weighted by molar-refractivity contribution is 7.80. The summed E-state index contributed by atoms with van der Waals surface area (Å²) in [6.45, 7) is 3.87. The van der Waals surface area contributed by atoms with Crippen LogP contribution in [0.1, 0.15) is 0 Å². The van der Waals surface area contributed by atoms with E-state index in [4.69, 9.17) is 12.2 Å². The third-order valence-electron chi connectivity index (χ3n) is 2.60. The number of aromatic nitrogens is 1. The Morgan fingerprint density at radius 3 is 2.87 bits per heavy atom. The lowest BCUT2D eigenvalue weighted by Crippen LogP contribution is -2.18. The number of ether oxygens (including phenoxy) is 1. The molecule has 0 spiro atoms. The largest absolute Gasteiger partial charge is 0.573 e. The lowest BCUT2D eigenvalue weighted by molar-refractivity contribution is -0.274. The number of nitrogens with one attached hydrogen (secondary N) is 2. The lowest BCUT2D eigenvalue weighted by atomic mass is 10.2. The molecule has 1 heterocycles. The van der Waals surface area contributed by atoms with E-state index in [2.05, 4.69) is 31.8 Å². The Labute approximate surface area is 133 Å². The van der Waals surface area contributed by atoms with Crippen LogP contribution >= 0.6 is 12.2 Å². The average molecular weight is 344 g/mol. The van der Waals surface area contributed by atoms with Gasteiger partial charge < -0.3 is 20.1 Å². The summed E-state index contributed by atoms with van der Waals surface area (Å²) in [6.07, 6.45) is -3.25. The summed E-state index contributed by atoms with van der Waals surface area (Å²) >= 11 is 4.87. The van der Waals surface area contributed by atoms with Crippen molar-refractivity contribution in [3.8, 4) is 11.6 Å². The number of fused-ring (bicyclic) bond motifs is 1. The minimum absolute atomic E-state index is 0.0429. The molecule has 0 aliphatic heterocycles. The number of aromatic hydroxyl groups is 1. The number of benzene rings is 1. The number of hydrogen-bond donors (Lipinski definition) is 3. The van der Waals surface area contributed by atoms with E-state index in [1.165, 1.54) is 6.07 Å². The second-order valence-corrected chi connectivity index (χ2v) is 4.64. The molecule has 0 aliphatic rings. The molecule has 0 aliphatic carbocycles. The van der Waals surface area contributed by atoms with E-state index in [0.29, 0.717) is 12.1 Å². The molecule has 0 saturated heterocycles. The van der Waals surface area contributed by atoms with Crippen LogP contribution in [0.2, 0.25) is 0 Å². The zero-order chi connectivity index (χ0) is 17.0. The maximum Gasteiger partial charge on any atom is 0.573 e. The van der Waals surface area contributed by atoms with Crippen LogP contribution in [0.3, 0.4) is 0 Å². The van der Waals surface area contributed by atoms with Crippen molar-refractivity contribution in [3.63, 3.8) is 0 Å². The number of H-pyrrole nitrogens is 1. The Bertz CT molecular complexity index is 770. The van der Waals surface area contributed by atoms with Crippen molar-refractivity contribution >= 4 is 33.9 Å². The van der Waals surface area contributed by atoms with Crippen LogP contribution in [-0.2, 0) is 0 Å². The Morgan fingerprint density at radius 1 is 1.48 bits per heavy atom. The van der Waals surface area contributed by atoms with Gasteiger partial charge in [0.05, 0.1) is 5.52 Å². The van der Waals surface area contributed by atoms with E-state index in [1.807, 2.05) is 0 Å². The van der Waals surface area contributed by atoms with Crippen molar-refractivity contribution < 1.29 is 23.0 Å². The van der Waals surface area contributed by atoms with Crippen molar-refractivity contribution in [1.82, 2.24) is 10.3 Å². The van der Waals surface area contributed by atoms with Crippen LogP contribution in [0, 0.1) is 0 Å². The average Bonchev–Trinajstić information content (AvgIpc) is 2.76. The van der Waals surface area contributed by atoms with E-state index >= 15 is 0 Å². The van der Waals surface area contributed by atoms with Gasteiger partial charge in [0.2, 0.25) is 11.0 Å². The molecular weight excluding hydrogens is 333 g/mol. The van der Waals surface area contributed by atoms with E-state index in [-0.39, 0.29) is 22.1 Å². The fourth-order valence-corrected chi connectivity index (χ4v) is 1.86. The van der Waals surface area contributed by atoms with E-state index < -0.39 is 12.1 Å². The topological polar surface area (TPSA) is 82.0 Å². The highest BCUT2D eigenvalue weighted by Gasteiger charge is 2.31. The highest BCUT2D eigenvalue weighted by atomic mass is 32.1. The van der Waals surface area contributed by atoms with Gasteiger partial charge in [0.1, 0.15) is 5.75 Å². The summed E-state index contributed by atoms with van der Waals surface area (Å²) in [5.74, 6) is -0.785. The smallest absolute Gasteiger partial charge is 0.493 e. The van der Waals surface area contributed by atoms with Crippen molar-refractivity contribution in [2.45, 2.75) is 6.36 Å². The Balaban J connectivity index is 2.33. The van der Waals surface area contributed by atoms with Gasteiger partial charge in [0.15, 0.2) is 5.69 Å². The van der Waals surface area contributed by atoms with Crippen LogP contribution in [0.15, 0.2) is 41.1 Å². The standard InChI is InChI=1S/C13H11F3N4O2S/c1-2-5-17-12(23)20-19-10-8-6-7(22-13(14,15)16)3-4-9(8)18-11(10)21/h2-4,6,18,21H,1,5H2,(H,17,23). The summed E-state index contributed by atoms with van der Waals surface area (Å²) in [5, 5.41) is 20.2. The summed E-state index contributed by atoms with van der Waals surface area (Å²) in [5.41, 5.74) is 0.325. The van der Waals surface area contributed by atoms with Crippen LogP contribution in [0.25, 0.3) is 10.9 Å². The second kappa shape index (κ2) is 6.65. The van der Waals surface area contributed by atoms with Crippen molar-refractivity contribution in [2.75, 3.05) is 6.54 Å². The molecule has 2 rings (SSSR count). The first-order valence-corrected chi connectivity index (χ1v) is 6.62. The Kier molecular flexibility index (Phi) is 4.84. The molecule has 23 heavy (non-hydrogen) atoms. The summed E-state index contributed by atoms with van der Waals surface area (Å²) in [7, 11) is 0. The van der Waals surface area contributed by atoms with Gasteiger partial charge in [0, 0.05) is 11.9 Å². The molecule has 0 bridgehead atoms. The Morgan fingerprint density at radius 2 is 2.22 bits per heavy atom. The first kappa shape index (κ1) is 16.7. The minimum Gasteiger partial charge on any atom is -0.493 e. The number of rotatable bonds is 4. The number of nitrogens with zero attached hydrogens (tertiary/aromatic N) is 2. The molecule has 1 aromatic carbocycles. The molecule has 0 unspecified atom stereocenters. The lowest BCUT2D eigenvalue weighted by Gasteiger charge is -2.08. The molecular formula is C13H11F3N4O2S. The monoisotopic (exact) mass is 344 g/mol. The van der Waals surface area contributed by atoms with Gasteiger partial charge in [-0.2, -0.15) is 0 Å². The van der Waals surface area contributed by atoms with Crippen LogP contribution < -0.4 is 10.1 Å². The van der Waals surface area contributed by atoms with Crippen molar-refractivity contribution in [2.24, 2.45) is 10.2 Å². The fraction of sp³-hybridized carbons (Fsp3) is 0.154. The molecule has 10 heteroatoms. The van der Waals surface area contributed by atoms with Gasteiger partial charge in [-0.1, -0.05) is 6.08 Å². The normalized spacial score (nSPS) is 11.8. The summed E-state index contributed by atoms with van der Waals surface area (Å²) in [4.78, 5) is 2.57. The first-order valence-electron chi connectivity index (χ1n) is 6.21. The number of halogens is 3. The molecule has 0 radical (unpaired) electrons. The summed E-state index contributed by atoms with van der Waals surface area (Å²) < 4.78 is 40.6. The zero-order valence-corrected chi connectivity index (χ0v) is 12.3. The van der Waals surface area contributed by atoms with Crippen LogP contribution in [-0.4, -0.2) is 28.1 Å². The molecule has 0 fully saturated rings. The third-order valence-corrected chi connectivity index (χ3v) is 2.82. The second-order valence-electron chi connectivity index (χ2n) is 4.25. The van der Waals surface area contributed by atoms with E-state index in [9.17, 15) is 18.3 Å². The van der Waals surface area contributed by atoms with Gasteiger partial charge in [-0.3, -0.25) is 0 Å². The van der Waals surface area contributed by atoms with Crippen molar-refractivity contribution in [1.29, 1.82) is 0 Å². The fourth-order valence-electron chi connectivity index (χ4n) is 1.73. The number of hydrogen-bond acceptors (Lipinski definition) is 4. The van der Waals surface area contributed by atoms with Crippen molar-refractivity contribution in [3.05, 3.63) is 30.9 Å². The molecule has 0 amide bonds. The maximum absolute atomic E-state index is 12.3.